The second kappa shape index (κ2) is 6.22. The van der Waals surface area contributed by atoms with Crippen molar-refractivity contribution in [1.29, 1.82) is 0 Å². The van der Waals surface area contributed by atoms with Crippen LogP contribution in [0.5, 0.6) is 0 Å². The number of rotatable bonds is 4. The van der Waals surface area contributed by atoms with Crippen LogP contribution in [-0.4, -0.2) is 44.2 Å². The van der Waals surface area contributed by atoms with E-state index in [-0.39, 0.29) is 0 Å². The highest BCUT2D eigenvalue weighted by atomic mass is 15.2. The molecule has 2 N–H and O–H groups in total. The Morgan fingerprint density at radius 1 is 1.24 bits per heavy atom. The molecule has 6 heteroatoms. The second-order valence-electron chi connectivity index (χ2n) is 5.78. The van der Waals surface area contributed by atoms with Crippen LogP contribution < -0.4 is 5.32 Å². The van der Waals surface area contributed by atoms with Crippen LogP contribution in [0.4, 0.5) is 5.82 Å². The van der Waals surface area contributed by atoms with Crippen molar-refractivity contribution in [3.63, 3.8) is 0 Å². The van der Waals surface area contributed by atoms with Gasteiger partial charge in [-0.05, 0) is 32.8 Å². The Hall–Kier alpha value is -1.95. The van der Waals surface area contributed by atoms with Crippen molar-refractivity contribution in [2.45, 2.75) is 39.3 Å². The second-order valence-corrected chi connectivity index (χ2v) is 5.78. The van der Waals surface area contributed by atoms with Gasteiger partial charge in [-0.3, -0.25) is 10.00 Å². The third-order valence-electron chi connectivity index (χ3n) is 3.89. The zero-order chi connectivity index (χ0) is 14.7. The molecule has 0 radical (unpaired) electrons. The molecule has 0 aromatic carbocycles. The maximum atomic E-state index is 4.31. The summed E-state index contributed by atoms with van der Waals surface area (Å²) in [7, 11) is 0. The van der Waals surface area contributed by atoms with Gasteiger partial charge in [0, 0.05) is 43.1 Å². The number of nitrogens with zero attached hydrogens (tertiary/aromatic N) is 4. The first-order valence-corrected chi connectivity index (χ1v) is 7.47. The average Bonchev–Trinajstić information content (AvgIpc) is 2.86. The largest absolute Gasteiger partial charge is 0.367 e. The van der Waals surface area contributed by atoms with Crippen LogP contribution in [-0.2, 0) is 6.54 Å². The predicted molar refractivity (Wildman–Crippen MR) is 82.0 cm³/mol. The molecule has 0 spiro atoms. The van der Waals surface area contributed by atoms with Crippen molar-refractivity contribution in [1.82, 2.24) is 25.1 Å². The lowest BCUT2D eigenvalue weighted by molar-refractivity contribution is 0.209. The van der Waals surface area contributed by atoms with E-state index in [1.807, 2.05) is 19.9 Å². The highest BCUT2D eigenvalue weighted by Crippen LogP contribution is 2.17. The minimum absolute atomic E-state index is 0.497. The number of aromatic amines is 1. The van der Waals surface area contributed by atoms with Gasteiger partial charge in [-0.2, -0.15) is 5.10 Å². The zero-order valence-corrected chi connectivity index (χ0v) is 12.6. The molecule has 1 aliphatic heterocycles. The first kappa shape index (κ1) is 14.0. The molecule has 0 aliphatic carbocycles. The number of H-pyrrole nitrogens is 1. The van der Waals surface area contributed by atoms with Crippen LogP contribution in [0.15, 0.2) is 18.5 Å². The highest BCUT2D eigenvalue weighted by molar-refractivity contribution is 5.35. The summed E-state index contributed by atoms with van der Waals surface area (Å²) < 4.78 is 0. The minimum atomic E-state index is 0.497. The molecule has 1 aliphatic rings. The van der Waals surface area contributed by atoms with Crippen LogP contribution >= 0.6 is 0 Å². The Bertz CT molecular complexity index is 585. The van der Waals surface area contributed by atoms with Gasteiger partial charge < -0.3 is 5.32 Å². The molecule has 0 atom stereocenters. The summed E-state index contributed by atoms with van der Waals surface area (Å²) in [6.45, 7) is 7.14. The standard InChI is InChI=1S/C15H22N6/c1-11-8-15(17-10-16-11)18-13-3-5-21(6-4-13)9-14-7-12(2)19-20-14/h7-8,10,13H,3-6,9H2,1-2H3,(H,19,20)(H,16,17,18). The first-order chi connectivity index (χ1) is 10.2. The highest BCUT2D eigenvalue weighted by Gasteiger charge is 2.20. The van der Waals surface area contributed by atoms with E-state index in [0.29, 0.717) is 6.04 Å². The quantitative estimate of drug-likeness (QED) is 0.898. The number of likely N-dealkylation sites (tertiary alicyclic amines) is 1. The lowest BCUT2D eigenvalue weighted by Crippen LogP contribution is -2.38. The monoisotopic (exact) mass is 286 g/mol. The van der Waals surface area contributed by atoms with Crippen molar-refractivity contribution in [2.24, 2.45) is 0 Å². The third kappa shape index (κ3) is 3.78. The molecule has 21 heavy (non-hydrogen) atoms. The Labute approximate surface area is 125 Å². The van der Waals surface area contributed by atoms with E-state index in [0.717, 1.165) is 55.4 Å². The number of hydrogen-bond donors (Lipinski definition) is 2. The Morgan fingerprint density at radius 2 is 2.05 bits per heavy atom. The van der Waals surface area contributed by atoms with Gasteiger partial charge in [0.1, 0.15) is 12.1 Å². The van der Waals surface area contributed by atoms with Gasteiger partial charge in [-0.25, -0.2) is 9.97 Å². The van der Waals surface area contributed by atoms with Crippen LogP contribution in [0.1, 0.15) is 29.9 Å². The normalized spacial score (nSPS) is 17.0. The van der Waals surface area contributed by atoms with Gasteiger partial charge in [0.15, 0.2) is 0 Å². The summed E-state index contributed by atoms with van der Waals surface area (Å²) in [5.74, 6) is 0.934. The van der Waals surface area contributed by atoms with Crippen molar-refractivity contribution < 1.29 is 0 Å². The Morgan fingerprint density at radius 3 is 2.71 bits per heavy atom. The molecule has 1 fully saturated rings. The summed E-state index contributed by atoms with van der Waals surface area (Å²) >= 11 is 0. The summed E-state index contributed by atoms with van der Waals surface area (Å²) in [6.07, 6.45) is 3.88. The van der Waals surface area contributed by atoms with Gasteiger partial charge in [0.2, 0.25) is 0 Å². The lowest BCUT2D eigenvalue weighted by Gasteiger charge is -2.32. The number of piperidine rings is 1. The van der Waals surface area contributed by atoms with Crippen LogP contribution in [0.2, 0.25) is 0 Å². The fraction of sp³-hybridized carbons (Fsp3) is 0.533. The van der Waals surface area contributed by atoms with E-state index < -0.39 is 0 Å². The van der Waals surface area contributed by atoms with E-state index in [1.165, 1.54) is 0 Å². The Balaban J connectivity index is 1.48. The molecule has 0 unspecified atom stereocenters. The van der Waals surface area contributed by atoms with Crippen molar-refractivity contribution in [3.05, 3.63) is 35.5 Å². The summed E-state index contributed by atoms with van der Waals surface area (Å²) in [6, 6.07) is 4.61. The number of aryl methyl sites for hydroxylation is 2. The van der Waals surface area contributed by atoms with Crippen LogP contribution in [0, 0.1) is 13.8 Å². The van der Waals surface area contributed by atoms with Gasteiger partial charge in [-0.1, -0.05) is 0 Å². The van der Waals surface area contributed by atoms with Crippen molar-refractivity contribution >= 4 is 5.82 Å². The van der Waals surface area contributed by atoms with Gasteiger partial charge >= 0.3 is 0 Å². The molecule has 3 rings (SSSR count). The SMILES string of the molecule is Cc1cc(NC2CCN(Cc3cc(C)[nH]n3)CC2)ncn1. The molecule has 1 saturated heterocycles. The molecule has 0 bridgehead atoms. The van der Waals surface area contributed by atoms with Gasteiger partial charge in [-0.15, -0.1) is 0 Å². The van der Waals surface area contributed by atoms with Crippen molar-refractivity contribution in [2.75, 3.05) is 18.4 Å². The van der Waals surface area contributed by atoms with E-state index in [2.05, 4.69) is 36.4 Å². The average molecular weight is 286 g/mol. The Kier molecular flexibility index (Phi) is 4.15. The van der Waals surface area contributed by atoms with E-state index in [1.54, 1.807) is 6.33 Å². The number of aromatic nitrogens is 4. The third-order valence-corrected chi connectivity index (χ3v) is 3.89. The van der Waals surface area contributed by atoms with E-state index in [9.17, 15) is 0 Å². The topological polar surface area (TPSA) is 69.7 Å². The minimum Gasteiger partial charge on any atom is -0.367 e. The lowest BCUT2D eigenvalue weighted by atomic mass is 10.0. The number of anilines is 1. The summed E-state index contributed by atoms with van der Waals surface area (Å²) in [4.78, 5) is 10.9. The van der Waals surface area contributed by atoms with E-state index >= 15 is 0 Å². The van der Waals surface area contributed by atoms with Crippen LogP contribution in [0.25, 0.3) is 0 Å². The molecular weight excluding hydrogens is 264 g/mol. The molecule has 0 saturated carbocycles. The summed E-state index contributed by atoms with van der Waals surface area (Å²) in [5.41, 5.74) is 3.25. The fourth-order valence-corrected chi connectivity index (χ4v) is 2.76. The van der Waals surface area contributed by atoms with Crippen molar-refractivity contribution in [3.8, 4) is 0 Å². The van der Waals surface area contributed by atoms with Gasteiger partial charge in [0.05, 0.1) is 5.69 Å². The van der Waals surface area contributed by atoms with Crippen LogP contribution in [0.3, 0.4) is 0 Å². The molecule has 2 aromatic heterocycles. The first-order valence-electron chi connectivity index (χ1n) is 7.47. The predicted octanol–water partition coefficient (Wildman–Crippen LogP) is 1.89. The van der Waals surface area contributed by atoms with E-state index in [4.69, 9.17) is 0 Å². The summed E-state index contributed by atoms with van der Waals surface area (Å²) in [5, 5.41) is 10.8. The molecule has 6 nitrogen and oxygen atoms in total. The maximum absolute atomic E-state index is 4.31. The molecule has 0 amide bonds. The number of hydrogen-bond acceptors (Lipinski definition) is 5. The smallest absolute Gasteiger partial charge is 0.129 e. The molecule has 112 valence electrons. The maximum Gasteiger partial charge on any atom is 0.129 e. The fourth-order valence-electron chi connectivity index (χ4n) is 2.76. The zero-order valence-electron chi connectivity index (χ0n) is 12.6. The molecular formula is C15H22N6. The molecule has 3 heterocycles. The molecule has 2 aromatic rings. The number of nitrogens with one attached hydrogen (secondary N) is 2. The van der Waals surface area contributed by atoms with Gasteiger partial charge in [0.25, 0.3) is 0 Å².